The maximum Gasteiger partial charge on any atom is 0.246 e. The summed E-state index contributed by atoms with van der Waals surface area (Å²) in [7, 11) is 1.60. The van der Waals surface area contributed by atoms with Gasteiger partial charge in [0.15, 0.2) is 0 Å². The van der Waals surface area contributed by atoms with Crippen LogP contribution in [0, 0.1) is 12.3 Å². The summed E-state index contributed by atoms with van der Waals surface area (Å²) < 4.78 is 5.65. The van der Waals surface area contributed by atoms with Gasteiger partial charge in [0.25, 0.3) is 0 Å². The second-order valence-electron chi connectivity index (χ2n) is 10.5. The van der Waals surface area contributed by atoms with Gasteiger partial charge in [0, 0.05) is 25.1 Å². The molecule has 1 saturated heterocycles. The van der Waals surface area contributed by atoms with E-state index in [-0.39, 0.29) is 30.8 Å². The number of methoxy groups -OCH3 is 1. The number of ether oxygens (including phenoxy) is 1. The van der Waals surface area contributed by atoms with Gasteiger partial charge < -0.3 is 25.2 Å². The Hall–Kier alpha value is -2.53. The minimum Gasteiger partial charge on any atom is -0.496 e. The van der Waals surface area contributed by atoms with Crippen molar-refractivity contribution in [2.45, 2.75) is 78.4 Å². The molecule has 0 spiro atoms. The number of β-amino-alcohol motifs (C(OH)–C–C–N with tert-alkyl or cyclic N) is 1. The first-order chi connectivity index (χ1) is 16.8. The first kappa shape index (κ1) is 28.0. The van der Waals surface area contributed by atoms with Crippen LogP contribution >= 0.6 is 11.3 Å². The van der Waals surface area contributed by atoms with Gasteiger partial charge in [-0.15, -0.1) is 11.3 Å². The summed E-state index contributed by atoms with van der Waals surface area (Å²) in [6.45, 7) is 10.9. The zero-order valence-electron chi connectivity index (χ0n) is 22.0. The number of aliphatic hydroxyl groups is 2. The quantitative estimate of drug-likeness (QED) is 0.396. The Kier molecular flexibility index (Phi) is 8.76. The highest BCUT2D eigenvalue weighted by Gasteiger charge is 2.44. The third-order valence-electron chi connectivity index (χ3n) is 6.56. The normalized spacial score (nSPS) is 20.6. The third kappa shape index (κ3) is 6.23. The molecule has 1 unspecified atom stereocenters. The van der Waals surface area contributed by atoms with Crippen molar-refractivity contribution < 1.29 is 24.5 Å². The lowest BCUT2D eigenvalue weighted by Crippen LogP contribution is -2.58. The van der Waals surface area contributed by atoms with E-state index in [4.69, 9.17) is 4.74 Å². The summed E-state index contributed by atoms with van der Waals surface area (Å²) >= 11 is 1.56. The summed E-state index contributed by atoms with van der Waals surface area (Å²) in [6, 6.07) is 4.16. The van der Waals surface area contributed by atoms with Gasteiger partial charge >= 0.3 is 0 Å². The lowest BCUT2D eigenvalue weighted by molar-refractivity contribution is -0.142. The van der Waals surface area contributed by atoms with Crippen molar-refractivity contribution in [3.05, 3.63) is 35.0 Å². The van der Waals surface area contributed by atoms with E-state index in [1.807, 2.05) is 58.3 Å². The Morgan fingerprint density at radius 3 is 2.56 bits per heavy atom. The van der Waals surface area contributed by atoms with E-state index in [0.29, 0.717) is 5.75 Å². The fourth-order valence-electron chi connectivity index (χ4n) is 4.66. The molecule has 1 aliphatic heterocycles. The van der Waals surface area contributed by atoms with Gasteiger partial charge in [0.05, 0.1) is 35.3 Å². The Morgan fingerprint density at radius 2 is 2.00 bits per heavy atom. The number of hydrogen-bond donors (Lipinski definition) is 4. The molecule has 2 aromatic rings. The summed E-state index contributed by atoms with van der Waals surface area (Å²) in [4.78, 5) is 32.1. The van der Waals surface area contributed by atoms with Crippen molar-refractivity contribution in [2.24, 2.45) is 5.41 Å². The second-order valence-corrected chi connectivity index (χ2v) is 11.4. The van der Waals surface area contributed by atoms with Gasteiger partial charge in [-0.3, -0.25) is 14.9 Å². The maximum atomic E-state index is 13.5. The van der Waals surface area contributed by atoms with Crippen LogP contribution in [0.15, 0.2) is 23.7 Å². The van der Waals surface area contributed by atoms with Crippen molar-refractivity contribution in [3.63, 3.8) is 0 Å². The van der Waals surface area contributed by atoms with Crippen LogP contribution in [-0.4, -0.2) is 70.0 Å². The van der Waals surface area contributed by atoms with Crippen LogP contribution < -0.4 is 15.4 Å². The summed E-state index contributed by atoms with van der Waals surface area (Å²) in [6.07, 6.45) is -1.64. The Bertz CT molecular complexity index is 1080. The SMILES string of the molecule is COc1cc(-c2scnc2C)ccc1[C@H](C)NC(O)[C@@H]1C[C@@H](O)CN1C(=O)[C@@H](NC(C)=O)C(C)(C)C. The minimum atomic E-state index is -1.10. The molecule has 1 fully saturated rings. The van der Waals surface area contributed by atoms with Crippen molar-refractivity contribution in [1.82, 2.24) is 20.5 Å². The Labute approximate surface area is 216 Å². The van der Waals surface area contributed by atoms with Crippen LogP contribution in [0.2, 0.25) is 0 Å². The number of aryl methyl sites for hydroxylation is 1. The lowest BCUT2D eigenvalue weighted by atomic mass is 9.85. The van der Waals surface area contributed by atoms with Crippen LogP contribution in [0.1, 0.15) is 58.3 Å². The van der Waals surface area contributed by atoms with E-state index < -0.39 is 29.8 Å². The zero-order chi connectivity index (χ0) is 26.8. The lowest BCUT2D eigenvalue weighted by Gasteiger charge is -2.37. The fraction of sp³-hybridized carbons (Fsp3) is 0.577. The predicted molar refractivity (Wildman–Crippen MR) is 140 cm³/mol. The first-order valence-corrected chi connectivity index (χ1v) is 13.0. The largest absolute Gasteiger partial charge is 0.496 e. The molecule has 2 heterocycles. The van der Waals surface area contributed by atoms with E-state index in [1.54, 1.807) is 18.4 Å². The second kappa shape index (κ2) is 11.2. The third-order valence-corrected chi connectivity index (χ3v) is 7.54. The van der Waals surface area contributed by atoms with Crippen LogP contribution in [0.5, 0.6) is 5.75 Å². The van der Waals surface area contributed by atoms with Crippen molar-refractivity contribution in [2.75, 3.05) is 13.7 Å². The Morgan fingerprint density at radius 1 is 1.31 bits per heavy atom. The molecule has 1 aliphatic rings. The molecule has 36 heavy (non-hydrogen) atoms. The van der Waals surface area contributed by atoms with Gasteiger partial charge in [-0.25, -0.2) is 4.98 Å². The molecule has 0 aliphatic carbocycles. The average molecular weight is 519 g/mol. The maximum absolute atomic E-state index is 13.5. The number of carbonyl (C=O) groups is 2. The summed E-state index contributed by atoms with van der Waals surface area (Å²) in [5.74, 6) is 0.0379. The van der Waals surface area contributed by atoms with Gasteiger partial charge in [0.1, 0.15) is 18.0 Å². The fourth-order valence-corrected chi connectivity index (χ4v) is 5.46. The molecule has 0 saturated carbocycles. The number of hydrogen-bond acceptors (Lipinski definition) is 8. The molecule has 198 valence electrons. The molecule has 3 rings (SSSR count). The number of amides is 2. The van der Waals surface area contributed by atoms with Gasteiger partial charge in [-0.1, -0.05) is 32.9 Å². The average Bonchev–Trinajstić information content (AvgIpc) is 3.41. The first-order valence-electron chi connectivity index (χ1n) is 12.1. The van der Waals surface area contributed by atoms with Gasteiger partial charge in [0.2, 0.25) is 11.8 Å². The molecular weight excluding hydrogens is 480 g/mol. The molecule has 9 nitrogen and oxygen atoms in total. The van der Waals surface area contributed by atoms with Gasteiger partial charge in [-0.2, -0.15) is 0 Å². The Balaban J connectivity index is 1.79. The van der Waals surface area contributed by atoms with Crippen LogP contribution in [-0.2, 0) is 9.59 Å². The van der Waals surface area contributed by atoms with Crippen molar-refractivity contribution >= 4 is 23.2 Å². The van der Waals surface area contributed by atoms with Gasteiger partial charge in [-0.05, 0) is 37.3 Å². The van der Waals surface area contributed by atoms with Crippen LogP contribution in [0.25, 0.3) is 10.4 Å². The standard InChI is InChI=1S/C26H38N4O5S/c1-14(19-9-8-17(10-21(19)35-7)22-15(2)27-13-36-22)28-24(33)20-11-18(32)12-30(20)25(34)23(26(4,5)6)29-16(3)31/h8-10,13-14,18,20,23-24,28,32-33H,11-12H2,1-7H3,(H,29,31)/t14-,18+,20-,23+,24?/m0/s1. The van der Waals surface area contributed by atoms with Crippen LogP contribution in [0.4, 0.5) is 0 Å². The monoisotopic (exact) mass is 518 g/mol. The number of rotatable bonds is 8. The van der Waals surface area contributed by atoms with E-state index in [0.717, 1.165) is 21.7 Å². The topological polar surface area (TPSA) is 124 Å². The molecule has 1 aromatic heterocycles. The predicted octanol–water partition coefficient (Wildman–Crippen LogP) is 2.61. The van der Waals surface area contributed by atoms with Crippen molar-refractivity contribution in [1.29, 1.82) is 0 Å². The number of nitrogens with zero attached hydrogens (tertiary/aromatic N) is 2. The molecule has 2 amide bonds. The number of nitrogens with one attached hydrogen (secondary N) is 2. The number of thiazole rings is 1. The van der Waals surface area contributed by atoms with E-state index in [1.165, 1.54) is 11.8 Å². The molecule has 0 radical (unpaired) electrons. The number of likely N-dealkylation sites (tertiary alicyclic amines) is 1. The van der Waals surface area contributed by atoms with E-state index in [2.05, 4.69) is 15.6 Å². The molecule has 4 N–H and O–H groups in total. The van der Waals surface area contributed by atoms with E-state index in [9.17, 15) is 19.8 Å². The van der Waals surface area contributed by atoms with E-state index >= 15 is 0 Å². The highest BCUT2D eigenvalue weighted by Crippen LogP contribution is 2.35. The summed E-state index contributed by atoms with van der Waals surface area (Å²) in [5.41, 5.74) is 4.08. The minimum absolute atomic E-state index is 0.0923. The molecular formula is C26H38N4O5S. The molecule has 5 atom stereocenters. The van der Waals surface area contributed by atoms with Crippen molar-refractivity contribution in [3.8, 4) is 16.2 Å². The smallest absolute Gasteiger partial charge is 0.246 e. The number of aliphatic hydroxyl groups excluding tert-OH is 2. The number of carbonyl (C=O) groups excluding carboxylic acids is 2. The molecule has 0 bridgehead atoms. The molecule has 1 aromatic carbocycles. The van der Waals surface area contributed by atoms with Crippen LogP contribution in [0.3, 0.4) is 0 Å². The highest BCUT2D eigenvalue weighted by molar-refractivity contribution is 7.13. The zero-order valence-corrected chi connectivity index (χ0v) is 22.8. The summed E-state index contributed by atoms with van der Waals surface area (Å²) in [5, 5.41) is 27.4. The highest BCUT2D eigenvalue weighted by atomic mass is 32.1. The number of benzene rings is 1. The number of aromatic nitrogens is 1. The molecule has 10 heteroatoms.